The molecule has 0 heterocycles. The Balaban J connectivity index is 2.24. The standard InChI is InChI=1S/C16H26N2O2/c1-12(2)20-9-5-4-8-18-11-15-7-6-14(16(17)19)10-13(15)3/h6-7,10,12,18H,4-5,8-9,11H2,1-3H3,(H2,17,19). The highest BCUT2D eigenvalue weighted by Crippen LogP contribution is 2.10. The molecule has 4 nitrogen and oxygen atoms in total. The number of unbranched alkanes of at least 4 members (excludes halogenated alkanes) is 1. The van der Waals surface area contributed by atoms with Gasteiger partial charge < -0.3 is 15.8 Å². The van der Waals surface area contributed by atoms with Gasteiger partial charge >= 0.3 is 0 Å². The molecule has 0 saturated heterocycles. The van der Waals surface area contributed by atoms with Gasteiger partial charge in [-0.2, -0.15) is 0 Å². The van der Waals surface area contributed by atoms with Crippen molar-refractivity contribution in [1.29, 1.82) is 0 Å². The van der Waals surface area contributed by atoms with Crippen molar-refractivity contribution in [3.63, 3.8) is 0 Å². The molecule has 0 aliphatic carbocycles. The largest absolute Gasteiger partial charge is 0.379 e. The second kappa shape index (κ2) is 8.72. The van der Waals surface area contributed by atoms with E-state index in [9.17, 15) is 4.79 Å². The first-order valence-corrected chi connectivity index (χ1v) is 7.22. The number of rotatable bonds is 9. The third-order valence-electron chi connectivity index (χ3n) is 3.14. The number of ether oxygens (including phenoxy) is 1. The number of carbonyl (C=O) groups is 1. The van der Waals surface area contributed by atoms with Crippen LogP contribution < -0.4 is 11.1 Å². The number of nitrogens with two attached hydrogens (primary N) is 1. The Kier molecular flexibility index (Phi) is 7.26. The third kappa shape index (κ3) is 6.17. The molecular weight excluding hydrogens is 252 g/mol. The van der Waals surface area contributed by atoms with E-state index in [1.165, 1.54) is 5.56 Å². The van der Waals surface area contributed by atoms with Gasteiger partial charge in [-0.3, -0.25) is 4.79 Å². The van der Waals surface area contributed by atoms with E-state index >= 15 is 0 Å². The Morgan fingerprint density at radius 3 is 2.70 bits per heavy atom. The van der Waals surface area contributed by atoms with Crippen molar-refractivity contribution in [1.82, 2.24) is 5.32 Å². The minimum Gasteiger partial charge on any atom is -0.379 e. The molecule has 0 atom stereocenters. The lowest BCUT2D eigenvalue weighted by Gasteiger charge is -2.10. The van der Waals surface area contributed by atoms with Crippen LogP contribution in [0.4, 0.5) is 0 Å². The van der Waals surface area contributed by atoms with E-state index in [4.69, 9.17) is 10.5 Å². The molecule has 112 valence electrons. The molecule has 0 unspecified atom stereocenters. The average Bonchev–Trinajstić information content (AvgIpc) is 2.38. The zero-order valence-electron chi connectivity index (χ0n) is 12.7. The molecule has 20 heavy (non-hydrogen) atoms. The van der Waals surface area contributed by atoms with Gasteiger partial charge in [-0.05, 0) is 63.4 Å². The van der Waals surface area contributed by atoms with Crippen LogP contribution in [0.1, 0.15) is 48.2 Å². The number of primary amides is 1. The summed E-state index contributed by atoms with van der Waals surface area (Å²) in [5, 5.41) is 3.41. The van der Waals surface area contributed by atoms with Crippen LogP contribution in [0.25, 0.3) is 0 Å². The number of hydrogen-bond donors (Lipinski definition) is 2. The summed E-state index contributed by atoms with van der Waals surface area (Å²) < 4.78 is 5.49. The van der Waals surface area contributed by atoms with E-state index < -0.39 is 0 Å². The molecule has 1 aromatic carbocycles. The fourth-order valence-electron chi connectivity index (χ4n) is 1.94. The van der Waals surface area contributed by atoms with Crippen LogP contribution in [0.3, 0.4) is 0 Å². The molecule has 0 radical (unpaired) electrons. The number of hydrogen-bond acceptors (Lipinski definition) is 3. The molecular formula is C16H26N2O2. The lowest BCUT2D eigenvalue weighted by molar-refractivity contribution is 0.0760. The predicted octanol–water partition coefficient (Wildman–Crippen LogP) is 2.39. The van der Waals surface area contributed by atoms with Crippen molar-refractivity contribution in [2.75, 3.05) is 13.2 Å². The smallest absolute Gasteiger partial charge is 0.248 e. The van der Waals surface area contributed by atoms with Crippen LogP contribution >= 0.6 is 0 Å². The van der Waals surface area contributed by atoms with E-state index in [0.29, 0.717) is 11.7 Å². The van der Waals surface area contributed by atoms with Gasteiger partial charge in [0.15, 0.2) is 0 Å². The van der Waals surface area contributed by atoms with Crippen LogP contribution in [-0.4, -0.2) is 25.2 Å². The average molecular weight is 278 g/mol. The first-order chi connectivity index (χ1) is 9.50. The maximum atomic E-state index is 11.1. The predicted molar refractivity (Wildman–Crippen MR) is 81.7 cm³/mol. The molecule has 3 N–H and O–H groups in total. The Labute approximate surface area is 121 Å². The maximum Gasteiger partial charge on any atom is 0.248 e. The van der Waals surface area contributed by atoms with Gasteiger partial charge in [0.2, 0.25) is 5.91 Å². The fourth-order valence-corrected chi connectivity index (χ4v) is 1.94. The molecule has 0 fully saturated rings. The molecule has 0 aromatic heterocycles. The van der Waals surface area contributed by atoms with Crippen molar-refractivity contribution in [3.8, 4) is 0 Å². The fraction of sp³-hybridized carbons (Fsp3) is 0.562. The molecule has 1 aromatic rings. The number of aryl methyl sites for hydroxylation is 1. The first kappa shape index (κ1) is 16.7. The summed E-state index contributed by atoms with van der Waals surface area (Å²) in [6.07, 6.45) is 2.49. The third-order valence-corrected chi connectivity index (χ3v) is 3.14. The Bertz CT molecular complexity index is 430. The van der Waals surface area contributed by atoms with Crippen LogP contribution in [0.2, 0.25) is 0 Å². The second-order valence-corrected chi connectivity index (χ2v) is 5.31. The van der Waals surface area contributed by atoms with Crippen LogP contribution in [0, 0.1) is 6.92 Å². The molecule has 0 saturated carbocycles. The Morgan fingerprint density at radius 1 is 1.35 bits per heavy atom. The minimum absolute atomic E-state index is 0.314. The molecule has 0 aliphatic heterocycles. The summed E-state index contributed by atoms with van der Waals surface area (Å²) in [4.78, 5) is 11.1. The number of nitrogens with one attached hydrogen (secondary N) is 1. The summed E-state index contributed by atoms with van der Waals surface area (Å²) in [6.45, 7) is 8.72. The Morgan fingerprint density at radius 2 is 2.10 bits per heavy atom. The van der Waals surface area contributed by atoms with E-state index in [-0.39, 0.29) is 5.91 Å². The van der Waals surface area contributed by atoms with Gasteiger partial charge in [0.25, 0.3) is 0 Å². The maximum absolute atomic E-state index is 11.1. The van der Waals surface area contributed by atoms with Crippen molar-refractivity contribution in [2.45, 2.75) is 46.3 Å². The highest BCUT2D eigenvalue weighted by atomic mass is 16.5. The summed E-state index contributed by atoms with van der Waals surface area (Å²) >= 11 is 0. The summed E-state index contributed by atoms with van der Waals surface area (Å²) in [5.74, 6) is -0.377. The van der Waals surface area contributed by atoms with Gasteiger partial charge in [-0.25, -0.2) is 0 Å². The molecule has 1 amide bonds. The summed E-state index contributed by atoms with van der Waals surface area (Å²) in [6, 6.07) is 5.59. The Hall–Kier alpha value is -1.39. The van der Waals surface area contributed by atoms with Crippen molar-refractivity contribution in [3.05, 3.63) is 34.9 Å². The SMILES string of the molecule is Cc1cc(C(N)=O)ccc1CNCCCCOC(C)C. The van der Waals surface area contributed by atoms with Crippen molar-refractivity contribution in [2.24, 2.45) is 5.73 Å². The number of benzene rings is 1. The van der Waals surface area contributed by atoms with Gasteiger partial charge in [0, 0.05) is 18.7 Å². The highest BCUT2D eigenvalue weighted by molar-refractivity contribution is 5.93. The van der Waals surface area contributed by atoms with Crippen LogP contribution in [0.15, 0.2) is 18.2 Å². The molecule has 4 heteroatoms. The molecule has 0 bridgehead atoms. The highest BCUT2D eigenvalue weighted by Gasteiger charge is 2.03. The van der Waals surface area contributed by atoms with Crippen molar-refractivity contribution < 1.29 is 9.53 Å². The second-order valence-electron chi connectivity index (χ2n) is 5.31. The quantitative estimate of drug-likeness (QED) is 0.682. The van der Waals surface area contributed by atoms with Crippen LogP contribution in [-0.2, 0) is 11.3 Å². The zero-order valence-corrected chi connectivity index (χ0v) is 12.7. The van der Waals surface area contributed by atoms with Gasteiger partial charge in [0.05, 0.1) is 6.10 Å². The van der Waals surface area contributed by atoms with Crippen LogP contribution in [0.5, 0.6) is 0 Å². The van der Waals surface area contributed by atoms with E-state index in [0.717, 1.165) is 38.1 Å². The molecule has 0 aliphatic rings. The van der Waals surface area contributed by atoms with E-state index in [2.05, 4.69) is 19.2 Å². The lowest BCUT2D eigenvalue weighted by Crippen LogP contribution is -2.17. The van der Waals surface area contributed by atoms with Crippen molar-refractivity contribution >= 4 is 5.91 Å². The summed E-state index contributed by atoms with van der Waals surface area (Å²) in [5.41, 5.74) is 8.12. The summed E-state index contributed by atoms with van der Waals surface area (Å²) in [7, 11) is 0. The lowest BCUT2D eigenvalue weighted by atomic mass is 10.0. The number of amides is 1. The van der Waals surface area contributed by atoms with E-state index in [1.807, 2.05) is 19.1 Å². The monoisotopic (exact) mass is 278 g/mol. The van der Waals surface area contributed by atoms with E-state index in [1.54, 1.807) is 6.07 Å². The zero-order chi connectivity index (χ0) is 15.0. The molecule has 1 rings (SSSR count). The first-order valence-electron chi connectivity index (χ1n) is 7.22. The molecule has 0 spiro atoms. The normalized spacial score (nSPS) is 11.0. The number of carbonyl (C=O) groups excluding carboxylic acids is 1. The topological polar surface area (TPSA) is 64.4 Å². The van der Waals surface area contributed by atoms with Gasteiger partial charge in [-0.15, -0.1) is 0 Å². The van der Waals surface area contributed by atoms with Gasteiger partial charge in [0.1, 0.15) is 0 Å². The minimum atomic E-state index is -0.377. The van der Waals surface area contributed by atoms with Gasteiger partial charge in [-0.1, -0.05) is 6.07 Å².